The molecule has 1 aromatic carbocycles. The van der Waals surface area contributed by atoms with Gasteiger partial charge in [-0.3, -0.25) is 0 Å². The highest BCUT2D eigenvalue weighted by Crippen LogP contribution is 2.26. The first-order chi connectivity index (χ1) is 8.29. The zero-order valence-electron chi connectivity index (χ0n) is 10.8. The molecule has 0 radical (unpaired) electrons. The normalized spacial score (nSPS) is 22.1. The Labute approximate surface area is 109 Å². The second-order valence-electron chi connectivity index (χ2n) is 4.78. The summed E-state index contributed by atoms with van der Waals surface area (Å²) in [6.45, 7) is 2.45. The maximum Gasteiger partial charge on any atom is 0.0480 e. The smallest absolute Gasteiger partial charge is 0.0480 e. The number of hydrogen-bond acceptors (Lipinski definition) is 3. The number of nitrogens with one attached hydrogen (secondary N) is 1. The number of rotatable bonds is 3. The Morgan fingerprint density at radius 3 is 2.88 bits per heavy atom. The van der Waals surface area contributed by atoms with Crippen molar-refractivity contribution in [1.29, 1.82) is 0 Å². The van der Waals surface area contributed by atoms with Gasteiger partial charge in [0.15, 0.2) is 0 Å². The van der Waals surface area contributed by atoms with Gasteiger partial charge in [-0.1, -0.05) is 12.1 Å². The Balaban J connectivity index is 1.99. The number of hydrogen-bond donors (Lipinski definition) is 1. The van der Waals surface area contributed by atoms with E-state index >= 15 is 0 Å². The minimum Gasteiger partial charge on any atom is -0.381 e. The first-order valence-corrected chi connectivity index (χ1v) is 7.60. The quantitative estimate of drug-likeness (QED) is 0.829. The molecule has 1 aliphatic heterocycles. The Kier molecular flexibility index (Phi) is 4.75. The SMILES string of the molecule is CSc1ccccc1NC1CCCN(C)CC1. The van der Waals surface area contributed by atoms with E-state index in [1.54, 1.807) is 0 Å². The predicted octanol–water partition coefficient (Wildman–Crippen LogP) is 3.30. The van der Waals surface area contributed by atoms with Gasteiger partial charge in [0.25, 0.3) is 0 Å². The maximum absolute atomic E-state index is 3.71. The predicted molar refractivity (Wildman–Crippen MR) is 77.0 cm³/mol. The van der Waals surface area contributed by atoms with Crippen molar-refractivity contribution in [3.05, 3.63) is 24.3 Å². The van der Waals surface area contributed by atoms with Gasteiger partial charge in [0, 0.05) is 16.6 Å². The van der Waals surface area contributed by atoms with Gasteiger partial charge < -0.3 is 10.2 Å². The molecule has 17 heavy (non-hydrogen) atoms. The lowest BCUT2D eigenvalue weighted by Crippen LogP contribution is -2.23. The summed E-state index contributed by atoms with van der Waals surface area (Å²) in [7, 11) is 2.22. The average Bonchev–Trinajstić information content (AvgIpc) is 2.55. The van der Waals surface area contributed by atoms with E-state index in [9.17, 15) is 0 Å². The van der Waals surface area contributed by atoms with Crippen LogP contribution in [0.3, 0.4) is 0 Å². The van der Waals surface area contributed by atoms with Gasteiger partial charge in [-0.15, -0.1) is 11.8 Å². The lowest BCUT2D eigenvalue weighted by atomic mass is 10.1. The molecule has 94 valence electrons. The highest BCUT2D eigenvalue weighted by Gasteiger charge is 2.15. The minimum absolute atomic E-state index is 0.633. The molecular weight excluding hydrogens is 228 g/mol. The largest absolute Gasteiger partial charge is 0.381 e. The molecular formula is C14H22N2S. The molecule has 1 aromatic rings. The summed E-state index contributed by atoms with van der Waals surface area (Å²) >= 11 is 1.82. The summed E-state index contributed by atoms with van der Waals surface area (Å²) in [5, 5.41) is 3.71. The van der Waals surface area contributed by atoms with Gasteiger partial charge in [0.2, 0.25) is 0 Å². The zero-order chi connectivity index (χ0) is 12.1. The molecule has 1 fully saturated rings. The summed E-state index contributed by atoms with van der Waals surface area (Å²) in [6.07, 6.45) is 5.98. The molecule has 3 heteroatoms. The Morgan fingerprint density at radius 2 is 2.06 bits per heavy atom. The second kappa shape index (κ2) is 6.31. The van der Waals surface area contributed by atoms with Gasteiger partial charge in [0.05, 0.1) is 0 Å². The monoisotopic (exact) mass is 250 g/mol. The molecule has 1 saturated heterocycles. The third-order valence-corrected chi connectivity index (χ3v) is 4.21. The van der Waals surface area contributed by atoms with E-state index in [0.29, 0.717) is 6.04 Å². The number of para-hydroxylation sites is 1. The van der Waals surface area contributed by atoms with E-state index in [1.807, 2.05) is 11.8 Å². The third-order valence-electron chi connectivity index (χ3n) is 3.42. The van der Waals surface area contributed by atoms with Crippen LogP contribution in [-0.4, -0.2) is 37.3 Å². The molecule has 0 aromatic heterocycles. The van der Waals surface area contributed by atoms with Gasteiger partial charge >= 0.3 is 0 Å². The van der Waals surface area contributed by atoms with E-state index < -0.39 is 0 Å². The molecule has 1 unspecified atom stereocenters. The first kappa shape index (κ1) is 12.8. The van der Waals surface area contributed by atoms with Crippen molar-refractivity contribution in [3.63, 3.8) is 0 Å². The van der Waals surface area contributed by atoms with Gasteiger partial charge in [0.1, 0.15) is 0 Å². The number of anilines is 1. The highest BCUT2D eigenvalue weighted by molar-refractivity contribution is 7.98. The van der Waals surface area contributed by atoms with Crippen molar-refractivity contribution in [2.75, 3.05) is 31.7 Å². The third kappa shape index (κ3) is 3.65. The van der Waals surface area contributed by atoms with Crippen LogP contribution in [0.5, 0.6) is 0 Å². The van der Waals surface area contributed by atoms with Crippen molar-refractivity contribution in [1.82, 2.24) is 4.90 Å². The van der Waals surface area contributed by atoms with Crippen LogP contribution in [0, 0.1) is 0 Å². The van der Waals surface area contributed by atoms with Gasteiger partial charge in [-0.25, -0.2) is 0 Å². The van der Waals surface area contributed by atoms with Crippen molar-refractivity contribution in [3.8, 4) is 0 Å². The van der Waals surface area contributed by atoms with Crippen LogP contribution in [0.25, 0.3) is 0 Å². The molecule has 1 heterocycles. The van der Waals surface area contributed by atoms with Crippen LogP contribution in [0.1, 0.15) is 19.3 Å². The van der Waals surface area contributed by atoms with Gasteiger partial charge in [-0.2, -0.15) is 0 Å². The van der Waals surface area contributed by atoms with E-state index in [-0.39, 0.29) is 0 Å². The van der Waals surface area contributed by atoms with E-state index in [0.717, 1.165) is 0 Å². The molecule has 1 aliphatic rings. The van der Waals surface area contributed by atoms with Crippen LogP contribution in [0.4, 0.5) is 5.69 Å². The molecule has 0 spiro atoms. The number of nitrogens with zero attached hydrogens (tertiary/aromatic N) is 1. The van der Waals surface area contributed by atoms with Gasteiger partial charge in [-0.05, 0) is 57.8 Å². The lowest BCUT2D eigenvalue weighted by Gasteiger charge is -2.19. The molecule has 0 amide bonds. The fourth-order valence-electron chi connectivity index (χ4n) is 2.37. The van der Waals surface area contributed by atoms with Crippen molar-refractivity contribution in [2.45, 2.75) is 30.2 Å². The first-order valence-electron chi connectivity index (χ1n) is 6.37. The Hall–Kier alpha value is -0.670. The van der Waals surface area contributed by atoms with Crippen molar-refractivity contribution < 1.29 is 0 Å². The molecule has 0 aliphatic carbocycles. The van der Waals surface area contributed by atoms with Crippen molar-refractivity contribution in [2.24, 2.45) is 0 Å². The molecule has 0 bridgehead atoms. The summed E-state index contributed by atoms with van der Waals surface area (Å²) in [5.41, 5.74) is 1.30. The maximum atomic E-state index is 3.71. The summed E-state index contributed by atoms with van der Waals surface area (Å²) < 4.78 is 0. The van der Waals surface area contributed by atoms with E-state index in [1.165, 1.54) is 42.9 Å². The lowest BCUT2D eigenvalue weighted by molar-refractivity contribution is 0.348. The van der Waals surface area contributed by atoms with Crippen LogP contribution >= 0.6 is 11.8 Å². The molecule has 1 atom stereocenters. The summed E-state index contributed by atoms with van der Waals surface area (Å²) in [6, 6.07) is 9.24. The van der Waals surface area contributed by atoms with Crippen LogP contribution < -0.4 is 5.32 Å². The fraction of sp³-hybridized carbons (Fsp3) is 0.571. The molecule has 0 saturated carbocycles. The topological polar surface area (TPSA) is 15.3 Å². The standard InChI is InChI=1S/C14H22N2S/c1-16-10-5-6-12(9-11-16)15-13-7-3-4-8-14(13)17-2/h3-4,7-8,12,15H,5-6,9-11H2,1-2H3. The van der Waals surface area contributed by atoms with Crippen LogP contribution in [0.2, 0.25) is 0 Å². The zero-order valence-corrected chi connectivity index (χ0v) is 11.6. The number of thioether (sulfide) groups is 1. The van der Waals surface area contributed by atoms with Crippen molar-refractivity contribution >= 4 is 17.4 Å². The van der Waals surface area contributed by atoms with Crippen LogP contribution in [-0.2, 0) is 0 Å². The average molecular weight is 250 g/mol. The number of likely N-dealkylation sites (tertiary alicyclic amines) is 1. The minimum atomic E-state index is 0.633. The Morgan fingerprint density at radius 1 is 1.24 bits per heavy atom. The van der Waals surface area contributed by atoms with E-state index in [2.05, 4.69) is 47.8 Å². The van der Waals surface area contributed by atoms with Crippen LogP contribution in [0.15, 0.2) is 29.2 Å². The summed E-state index contributed by atoms with van der Waals surface area (Å²) in [5.74, 6) is 0. The number of benzene rings is 1. The highest BCUT2D eigenvalue weighted by atomic mass is 32.2. The summed E-state index contributed by atoms with van der Waals surface area (Å²) in [4.78, 5) is 3.78. The Bertz CT molecular complexity index is 354. The fourth-order valence-corrected chi connectivity index (χ4v) is 2.93. The molecule has 1 N–H and O–H groups in total. The molecule has 2 rings (SSSR count). The molecule has 2 nitrogen and oxygen atoms in total. The van der Waals surface area contributed by atoms with E-state index in [4.69, 9.17) is 0 Å². The second-order valence-corrected chi connectivity index (χ2v) is 5.62.